The maximum absolute atomic E-state index is 8.88. The highest BCUT2D eigenvalue weighted by Gasteiger charge is 2.15. The molecule has 3 N–H and O–H groups in total. The topological polar surface area (TPSA) is 85.2 Å². The molecular formula is C10H9BrClN3O2. The highest BCUT2D eigenvalue weighted by Crippen LogP contribution is 2.26. The van der Waals surface area contributed by atoms with Crippen molar-refractivity contribution in [3.63, 3.8) is 0 Å². The van der Waals surface area contributed by atoms with Gasteiger partial charge in [0.15, 0.2) is 5.82 Å². The molecular weight excluding hydrogens is 309 g/mol. The number of aliphatic hydroxyl groups excluding tert-OH is 1. The zero-order valence-electron chi connectivity index (χ0n) is 8.60. The lowest BCUT2D eigenvalue weighted by molar-refractivity contribution is 0.260. The van der Waals surface area contributed by atoms with Crippen molar-refractivity contribution in [2.24, 2.45) is 5.73 Å². The first-order valence-electron chi connectivity index (χ1n) is 4.76. The highest BCUT2D eigenvalue weighted by atomic mass is 79.9. The molecule has 0 amide bonds. The summed E-state index contributed by atoms with van der Waals surface area (Å²) in [5.74, 6) is 0.575. The Labute approximate surface area is 111 Å². The van der Waals surface area contributed by atoms with Gasteiger partial charge in [-0.05, 0) is 18.2 Å². The van der Waals surface area contributed by atoms with E-state index < -0.39 is 6.04 Å². The number of hydrogen-bond acceptors (Lipinski definition) is 5. The molecule has 7 heteroatoms. The van der Waals surface area contributed by atoms with Crippen LogP contribution in [0.5, 0.6) is 0 Å². The van der Waals surface area contributed by atoms with E-state index >= 15 is 0 Å². The van der Waals surface area contributed by atoms with E-state index in [1.54, 1.807) is 18.2 Å². The van der Waals surface area contributed by atoms with Crippen molar-refractivity contribution in [2.75, 3.05) is 6.61 Å². The van der Waals surface area contributed by atoms with Crippen LogP contribution in [0.4, 0.5) is 0 Å². The van der Waals surface area contributed by atoms with Crippen LogP contribution in [0.15, 0.2) is 27.2 Å². The van der Waals surface area contributed by atoms with Gasteiger partial charge >= 0.3 is 0 Å². The smallest absolute Gasteiger partial charge is 0.258 e. The fraction of sp³-hybridized carbons (Fsp3) is 0.200. The number of rotatable bonds is 3. The first-order valence-corrected chi connectivity index (χ1v) is 5.93. The molecule has 0 saturated carbocycles. The van der Waals surface area contributed by atoms with Gasteiger partial charge in [-0.2, -0.15) is 4.98 Å². The van der Waals surface area contributed by atoms with Crippen LogP contribution in [0.1, 0.15) is 11.9 Å². The Morgan fingerprint density at radius 3 is 2.88 bits per heavy atom. The number of halogens is 2. The number of nitrogens with zero attached hydrogens (tertiary/aromatic N) is 2. The Kier molecular flexibility index (Phi) is 3.78. The molecule has 0 radical (unpaired) electrons. The third-order valence-electron chi connectivity index (χ3n) is 2.08. The molecule has 0 aliphatic rings. The predicted molar refractivity (Wildman–Crippen MR) is 66.5 cm³/mol. The van der Waals surface area contributed by atoms with E-state index in [1.165, 1.54) is 0 Å². The minimum absolute atomic E-state index is 0.238. The van der Waals surface area contributed by atoms with E-state index in [1.807, 2.05) is 0 Å². The zero-order valence-corrected chi connectivity index (χ0v) is 10.9. The van der Waals surface area contributed by atoms with Gasteiger partial charge in [-0.15, -0.1) is 0 Å². The SMILES string of the molecule is NC(CO)c1noc(-c2cc(Cl)cc(Br)c2)n1. The van der Waals surface area contributed by atoms with Crippen LogP contribution in [0.25, 0.3) is 11.5 Å². The van der Waals surface area contributed by atoms with Crippen molar-refractivity contribution < 1.29 is 9.63 Å². The predicted octanol–water partition coefficient (Wildman–Crippen LogP) is 2.14. The van der Waals surface area contributed by atoms with Gasteiger partial charge in [0.1, 0.15) is 0 Å². The summed E-state index contributed by atoms with van der Waals surface area (Å²) in [6, 6.07) is 4.61. The third-order valence-corrected chi connectivity index (χ3v) is 2.76. The molecule has 0 aliphatic carbocycles. The fourth-order valence-corrected chi connectivity index (χ4v) is 2.12. The van der Waals surface area contributed by atoms with Crippen LogP contribution in [-0.2, 0) is 0 Å². The molecule has 2 rings (SSSR count). The number of nitrogens with two attached hydrogens (primary N) is 1. The Balaban J connectivity index is 2.36. The summed E-state index contributed by atoms with van der Waals surface area (Å²) in [6.07, 6.45) is 0. The van der Waals surface area contributed by atoms with Crippen molar-refractivity contribution >= 4 is 27.5 Å². The maximum Gasteiger partial charge on any atom is 0.258 e. The van der Waals surface area contributed by atoms with E-state index in [0.29, 0.717) is 16.5 Å². The summed E-state index contributed by atoms with van der Waals surface area (Å²) >= 11 is 9.23. The lowest BCUT2D eigenvalue weighted by atomic mass is 10.2. The van der Waals surface area contributed by atoms with Gasteiger partial charge in [-0.25, -0.2) is 0 Å². The van der Waals surface area contributed by atoms with Crippen molar-refractivity contribution in [2.45, 2.75) is 6.04 Å². The van der Waals surface area contributed by atoms with Crippen LogP contribution in [-0.4, -0.2) is 21.9 Å². The minimum atomic E-state index is -0.643. The first kappa shape index (κ1) is 12.5. The quantitative estimate of drug-likeness (QED) is 0.905. The van der Waals surface area contributed by atoms with Crippen molar-refractivity contribution in [3.8, 4) is 11.5 Å². The second-order valence-corrected chi connectivity index (χ2v) is 4.76. The van der Waals surface area contributed by atoms with Crippen LogP contribution in [0.3, 0.4) is 0 Å². The van der Waals surface area contributed by atoms with E-state index in [-0.39, 0.29) is 12.4 Å². The van der Waals surface area contributed by atoms with E-state index in [9.17, 15) is 0 Å². The summed E-state index contributed by atoms with van der Waals surface area (Å²) in [4.78, 5) is 4.09. The molecule has 0 saturated heterocycles. The van der Waals surface area contributed by atoms with E-state index in [0.717, 1.165) is 4.47 Å². The number of aliphatic hydroxyl groups is 1. The molecule has 5 nitrogen and oxygen atoms in total. The van der Waals surface area contributed by atoms with Gasteiger partial charge < -0.3 is 15.4 Å². The molecule has 90 valence electrons. The molecule has 0 fully saturated rings. The van der Waals surface area contributed by atoms with Crippen molar-refractivity contribution in [1.29, 1.82) is 0 Å². The minimum Gasteiger partial charge on any atom is -0.394 e. The standard InChI is InChI=1S/C10H9BrClN3O2/c11-6-1-5(2-7(12)3-6)10-14-9(15-17-10)8(13)4-16/h1-3,8,16H,4,13H2. The molecule has 2 aromatic rings. The van der Waals surface area contributed by atoms with Crippen LogP contribution in [0, 0.1) is 0 Å². The van der Waals surface area contributed by atoms with Crippen molar-refractivity contribution in [3.05, 3.63) is 33.5 Å². The summed E-state index contributed by atoms with van der Waals surface area (Å²) in [5.41, 5.74) is 6.26. The van der Waals surface area contributed by atoms with Gasteiger partial charge in [-0.3, -0.25) is 0 Å². The molecule has 0 aliphatic heterocycles. The first-order chi connectivity index (χ1) is 8.10. The summed E-state index contributed by atoms with van der Waals surface area (Å²) in [5, 5.41) is 13.1. The Bertz CT molecular complexity index is 512. The largest absolute Gasteiger partial charge is 0.394 e. The van der Waals surface area contributed by atoms with Gasteiger partial charge in [0.25, 0.3) is 5.89 Å². The Morgan fingerprint density at radius 2 is 2.24 bits per heavy atom. The van der Waals surface area contributed by atoms with E-state index in [2.05, 4.69) is 26.1 Å². The molecule has 0 spiro atoms. The van der Waals surface area contributed by atoms with Crippen LogP contribution in [0.2, 0.25) is 5.02 Å². The van der Waals surface area contributed by atoms with Gasteiger partial charge in [0, 0.05) is 15.1 Å². The number of benzene rings is 1. The number of aromatic nitrogens is 2. The van der Waals surface area contributed by atoms with Gasteiger partial charge in [0.05, 0.1) is 12.6 Å². The van der Waals surface area contributed by atoms with Gasteiger partial charge in [0.2, 0.25) is 0 Å². The molecule has 1 atom stereocenters. The fourth-order valence-electron chi connectivity index (χ4n) is 1.26. The zero-order chi connectivity index (χ0) is 12.4. The number of hydrogen-bond donors (Lipinski definition) is 2. The molecule has 0 bridgehead atoms. The Morgan fingerprint density at radius 1 is 1.47 bits per heavy atom. The average molecular weight is 319 g/mol. The summed E-state index contributed by atoms with van der Waals surface area (Å²) in [6.45, 7) is -0.238. The normalized spacial score (nSPS) is 12.7. The second kappa shape index (κ2) is 5.14. The molecule has 17 heavy (non-hydrogen) atoms. The Hall–Kier alpha value is -0.950. The molecule has 1 aromatic carbocycles. The average Bonchev–Trinajstić information content (AvgIpc) is 2.76. The van der Waals surface area contributed by atoms with Crippen molar-refractivity contribution in [1.82, 2.24) is 10.1 Å². The monoisotopic (exact) mass is 317 g/mol. The maximum atomic E-state index is 8.88. The second-order valence-electron chi connectivity index (χ2n) is 3.40. The lowest BCUT2D eigenvalue weighted by Gasteiger charge is -1.99. The summed E-state index contributed by atoms with van der Waals surface area (Å²) < 4.78 is 5.86. The summed E-state index contributed by atoms with van der Waals surface area (Å²) in [7, 11) is 0. The van der Waals surface area contributed by atoms with Crippen LogP contribution >= 0.6 is 27.5 Å². The van der Waals surface area contributed by atoms with E-state index in [4.69, 9.17) is 27.0 Å². The third kappa shape index (κ3) is 2.84. The molecule has 1 heterocycles. The molecule has 1 unspecified atom stereocenters. The van der Waals surface area contributed by atoms with Gasteiger partial charge in [-0.1, -0.05) is 32.7 Å². The highest BCUT2D eigenvalue weighted by molar-refractivity contribution is 9.10. The van der Waals surface area contributed by atoms with Crippen LogP contribution < -0.4 is 5.73 Å². The molecule has 1 aromatic heterocycles. The lowest BCUT2D eigenvalue weighted by Crippen LogP contribution is -2.15.